The summed E-state index contributed by atoms with van der Waals surface area (Å²) >= 11 is 0. The Balaban J connectivity index is 2.26. The number of rotatable bonds is 5. The lowest BCUT2D eigenvalue weighted by Gasteiger charge is -2.30. The molecule has 1 aliphatic rings. The lowest BCUT2D eigenvalue weighted by molar-refractivity contribution is 0.334. The van der Waals surface area contributed by atoms with Gasteiger partial charge in [0.2, 0.25) is 10.0 Å². The molecule has 0 atom stereocenters. The summed E-state index contributed by atoms with van der Waals surface area (Å²) in [5, 5.41) is -0.451. The van der Waals surface area contributed by atoms with E-state index >= 15 is 0 Å². The number of ether oxygens (including phenoxy) is 1. The molecule has 0 bridgehead atoms. The minimum Gasteiger partial charge on any atom is -0.493 e. The maximum Gasteiger partial charge on any atom is 0.243 e. The molecule has 0 radical (unpaired) electrons. The van der Waals surface area contributed by atoms with Gasteiger partial charge in [0.05, 0.1) is 16.8 Å². The van der Waals surface area contributed by atoms with E-state index in [0.29, 0.717) is 25.2 Å². The van der Waals surface area contributed by atoms with Crippen LogP contribution in [0.15, 0.2) is 17.0 Å². The highest BCUT2D eigenvalue weighted by Gasteiger charge is 2.33. The minimum absolute atomic E-state index is 0.228. The summed E-state index contributed by atoms with van der Waals surface area (Å²) in [7, 11) is -6.75. The first-order chi connectivity index (χ1) is 11.1. The van der Waals surface area contributed by atoms with Crippen molar-refractivity contribution in [2.45, 2.75) is 43.8 Å². The van der Waals surface area contributed by atoms with Gasteiger partial charge in [-0.3, -0.25) is 0 Å². The van der Waals surface area contributed by atoms with Crippen LogP contribution in [0.4, 0.5) is 0 Å². The first kappa shape index (κ1) is 19.2. The molecule has 0 aromatic heterocycles. The van der Waals surface area contributed by atoms with Crippen molar-refractivity contribution < 1.29 is 21.6 Å². The number of nitrogens with zero attached hydrogens (tertiary/aromatic N) is 1. The second-order valence-corrected chi connectivity index (χ2v) is 10.5. The molecular weight excluding hydrogens is 350 g/mol. The Morgan fingerprint density at radius 3 is 2.00 bits per heavy atom. The fourth-order valence-electron chi connectivity index (χ4n) is 3.08. The van der Waals surface area contributed by atoms with E-state index in [9.17, 15) is 16.8 Å². The number of hydrogen-bond donors (Lipinski definition) is 0. The van der Waals surface area contributed by atoms with Crippen LogP contribution in [-0.2, 0) is 19.9 Å². The van der Waals surface area contributed by atoms with E-state index in [1.165, 1.54) is 10.6 Å². The van der Waals surface area contributed by atoms with Gasteiger partial charge in [0, 0.05) is 19.3 Å². The van der Waals surface area contributed by atoms with Crippen LogP contribution in [0.1, 0.15) is 30.9 Å². The molecular formula is C16H25NO5S2. The standard InChI is InChI=1S/C16H25NO5S2/c1-5-22-16-12(2)10-15(11-13(16)3)24(20,21)17-8-6-14(7-9-17)23(4,18)19/h10-11,14H,5-9H2,1-4H3. The second-order valence-electron chi connectivity index (χ2n) is 6.25. The Bertz CT molecular complexity index is 784. The summed E-state index contributed by atoms with van der Waals surface area (Å²) in [6.45, 7) is 6.51. The maximum atomic E-state index is 12.9. The number of hydrogen-bond acceptors (Lipinski definition) is 5. The van der Waals surface area contributed by atoms with Crippen molar-refractivity contribution in [3.8, 4) is 5.75 Å². The molecule has 136 valence electrons. The Hall–Kier alpha value is -1.12. The van der Waals surface area contributed by atoms with E-state index in [-0.39, 0.29) is 18.0 Å². The van der Waals surface area contributed by atoms with E-state index in [1.807, 2.05) is 20.8 Å². The van der Waals surface area contributed by atoms with Crippen molar-refractivity contribution in [3.05, 3.63) is 23.3 Å². The first-order valence-electron chi connectivity index (χ1n) is 8.00. The fraction of sp³-hybridized carbons (Fsp3) is 0.625. The van der Waals surface area contributed by atoms with Crippen molar-refractivity contribution in [3.63, 3.8) is 0 Å². The summed E-state index contributed by atoms with van der Waals surface area (Å²) in [5.74, 6) is 0.715. The highest BCUT2D eigenvalue weighted by Crippen LogP contribution is 2.30. The van der Waals surface area contributed by atoms with Gasteiger partial charge in [-0.2, -0.15) is 4.31 Å². The van der Waals surface area contributed by atoms with E-state index in [2.05, 4.69) is 0 Å². The summed E-state index contributed by atoms with van der Waals surface area (Å²) in [6.07, 6.45) is 1.89. The highest BCUT2D eigenvalue weighted by molar-refractivity contribution is 7.91. The van der Waals surface area contributed by atoms with Gasteiger partial charge in [-0.05, 0) is 56.9 Å². The molecule has 1 heterocycles. The van der Waals surface area contributed by atoms with Gasteiger partial charge in [-0.25, -0.2) is 16.8 Å². The third-order valence-corrected chi connectivity index (χ3v) is 7.93. The minimum atomic E-state index is -3.62. The maximum absolute atomic E-state index is 12.9. The number of sulfone groups is 1. The zero-order chi connectivity index (χ0) is 18.1. The number of aryl methyl sites for hydroxylation is 2. The molecule has 0 spiro atoms. The molecule has 0 saturated carbocycles. The van der Waals surface area contributed by atoms with Crippen LogP contribution in [0.3, 0.4) is 0 Å². The molecule has 1 saturated heterocycles. The number of benzene rings is 1. The van der Waals surface area contributed by atoms with Gasteiger partial charge in [0.1, 0.15) is 15.6 Å². The van der Waals surface area contributed by atoms with Gasteiger partial charge >= 0.3 is 0 Å². The molecule has 2 rings (SSSR count). The zero-order valence-corrected chi connectivity index (χ0v) is 16.2. The van der Waals surface area contributed by atoms with Gasteiger partial charge in [0.25, 0.3) is 0 Å². The first-order valence-corrected chi connectivity index (χ1v) is 11.4. The van der Waals surface area contributed by atoms with Crippen LogP contribution in [0.25, 0.3) is 0 Å². The summed E-state index contributed by atoms with van der Waals surface area (Å²) in [5.41, 5.74) is 1.56. The lowest BCUT2D eigenvalue weighted by atomic mass is 10.1. The molecule has 1 aromatic carbocycles. The van der Waals surface area contributed by atoms with Crippen molar-refractivity contribution in [2.24, 2.45) is 0 Å². The molecule has 1 fully saturated rings. The van der Waals surface area contributed by atoms with Crippen LogP contribution in [-0.4, -0.2) is 52.3 Å². The molecule has 0 N–H and O–H groups in total. The predicted octanol–water partition coefficient (Wildman–Crippen LogP) is 1.90. The number of piperidine rings is 1. The van der Waals surface area contributed by atoms with Crippen LogP contribution >= 0.6 is 0 Å². The third-order valence-electron chi connectivity index (χ3n) is 4.37. The fourth-order valence-corrected chi connectivity index (χ4v) is 5.79. The average Bonchev–Trinajstić information content (AvgIpc) is 2.50. The average molecular weight is 376 g/mol. The molecule has 0 aliphatic carbocycles. The van der Waals surface area contributed by atoms with Crippen molar-refractivity contribution in [1.29, 1.82) is 0 Å². The van der Waals surface area contributed by atoms with E-state index in [0.717, 1.165) is 11.1 Å². The smallest absolute Gasteiger partial charge is 0.243 e. The van der Waals surface area contributed by atoms with Crippen LogP contribution in [0, 0.1) is 13.8 Å². The molecule has 8 heteroatoms. The van der Waals surface area contributed by atoms with Gasteiger partial charge in [-0.1, -0.05) is 0 Å². The molecule has 6 nitrogen and oxygen atoms in total. The molecule has 1 aliphatic heterocycles. The Kier molecular flexibility index (Phi) is 5.61. The summed E-state index contributed by atoms with van der Waals surface area (Å²) in [4.78, 5) is 0.235. The topological polar surface area (TPSA) is 80.8 Å². The van der Waals surface area contributed by atoms with Gasteiger partial charge in [0.15, 0.2) is 0 Å². The Labute approximate surface area is 144 Å². The molecule has 1 aromatic rings. The SMILES string of the molecule is CCOc1c(C)cc(S(=O)(=O)N2CCC(S(C)(=O)=O)CC2)cc1C. The van der Waals surface area contributed by atoms with Crippen LogP contribution < -0.4 is 4.74 Å². The largest absolute Gasteiger partial charge is 0.493 e. The quantitative estimate of drug-likeness (QED) is 0.785. The zero-order valence-electron chi connectivity index (χ0n) is 14.6. The van der Waals surface area contributed by atoms with E-state index in [1.54, 1.807) is 12.1 Å². The van der Waals surface area contributed by atoms with Crippen molar-refractivity contribution in [1.82, 2.24) is 4.31 Å². The molecule has 0 amide bonds. The monoisotopic (exact) mass is 375 g/mol. The van der Waals surface area contributed by atoms with Crippen molar-refractivity contribution in [2.75, 3.05) is 26.0 Å². The summed E-state index contributed by atoms with van der Waals surface area (Å²) in [6, 6.07) is 3.24. The third kappa shape index (κ3) is 3.92. The van der Waals surface area contributed by atoms with E-state index < -0.39 is 25.1 Å². The second kappa shape index (κ2) is 7.01. The summed E-state index contributed by atoms with van der Waals surface area (Å²) < 4.78 is 55.9. The number of sulfonamides is 1. The van der Waals surface area contributed by atoms with Crippen molar-refractivity contribution >= 4 is 19.9 Å². The molecule has 24 heavy (non-hydrogen) atoms. The Morgan fingerprint density at radius 2 is 1.58 bits per heavy atom. The lowest BCUT2D eigenvalue weighted by Crippen LogP contribution is -2.42. The normalized spacial score (nSPS) is 17.8. The van der Waals surface area contributed by atoms with Crippen LogP contribution in [0.2, 0.25) is 0 Å². The Morgan fingerprint density at radius 1 is 1.08 bits per heavy atom. The van der Waals surface area contributed by atoms with Gasteiger partial charge in [-0.15, -0.1) is 0 Å². The highest BCUT2D eigenvalue weighted by atomic mass is 32.2. The predicted molar refractivity (Wildman–Crippen MR) is 93.7 cm³/mol. The van der Waals surface area contributed by atoms with Gasteiger partial charge < -0.3 is 4.74 Å². The molecule has 0 unspecified atom stereocenters. The van der Waals surface area contributed by atoms with Crippen LogP contribution in [0.5, 0.6) is 5.75 Å². The van der Waals surface area contributed by atoms with E-state index in [4.69, 9.17) is 4.74 Å².